The van der Waals surface area contributed by atoms with Crippen LogP contribution in [0.2, 0.25) is 5.02 Å². The largest absolute Gasteiger partial charge is 0.369 e. The Kier molecular flexibility index (Phi) is 3.39. The Bertz CT molecular complexity index is 575. The Morgan fingerprint density at radius 1 is 1.53 bits per heavy atom. The number of hydrogen-bond donors (Lipinski definition) is 1. The van der Waals surface area contributed by atoms with E-state index in [-0.39, 0.29) is 29.6 Å². The molecule has 19 heavy (non-hydrogen) atoms. The van der Waals surface area contributed by atoms with Crippen molar-refractivity contribution in [3.05, 3.63) is 33.3 Å². The zero-order chi connectivity index (χ0) is 14.2. The third-order valence-corrected chi connectivity index (χ3v) is 3.26. The molecule has 1 aliphatic heterocycles. The van der Waals surface area contributed by atoms with Gasteiger partial charge >= 0.3 is 0 Å². The number of carbonyl (C=O) groups is 2. The maximum atomic E-state index is 11.8. The van der Waals surface area contributed by atoms with Crippen LogP contribution in [-0.2, 0) is 9.59 Å². The summed E-state index contributed by atoms with van der Waals surface area (Å²) in [5.74, 6) is -1.38. The van der Waals surface area contributed by atoms with Crippen LogP contribution in [0.1, 0.15) is 6.42 Å². The van der Waals surface area contributed by atoms with Crippen molar-refractivity contribution in [1.82, 2.24) is 0 Å². The van der Waals surface area contributed by atoms with Gasteiger partial charge < -0.3 is 10.6 Å². The van der Waals surface area contributed by atoms with Crippen LogP contribution in [0.5, 0.6) is 0 Å². The number of nitro groups is 1. The molecule has 1 unspecified atom stereocenters. The van der Waals surface area contributed by atoms with Gasteiger partial charge in [0.2, 0.25) is 11.8 Å². The Morgan fingerprint density at radius 2 is 2.21 bits per heavy atom. The van der Waals surface area contributed by atoms with Crippen LogP contribution in [0.25, 0.3) is 0 Å². The average Bonchev–Trinajstić information content (AvgIpc) is 2.71. The zero-order valence-corrected chi connectivity index (χ0v) is 10.5. The van der Waals surface area contributed by atoms with E-state index >= 15 is 0 Å². The molecule has 0 spiro atoms. The highest BCUT2D eigenvalue weighted by atomic mass is 35.5. The Balaban J connectivity index is 2.30. The molecule has 100 valence electrons. The molecule has 1 aromatic carbocycles. The number of halogens is 1. The molecule has 1 saturated heterocycles. The Labute approximate surface area is 113 Å². The second-order valence-electron chi connectivity index (χ2n) is 4.20. The van der Waals surface area contributed by atoms with E-state index in [2.05, 4.69) is 0 Å². The number of rotatable bonds is 3. The van der Waals surface area contributed by atoms with Crippen molar-refractivity contribution in [2.45, 2.75) is 6.42 Å². The van der Waals surface area contributed by atoms with Gasteiger partial charge in [0.15, 0.2) is 0 Å². The smallest absolute Gasteiger partial charge is 0.271 e. The summed E-state index contributed by atoms with van der Waals surface area (Å²) in [6.07, 6.45) is 0.0304. The van der Waals surface area contributed by atoms with Crippen LogP contribution in [0, 0.1) is 16.0 Å². The van der Waals surface area contributed by atoms with Gasteiger partial charge in [-0.1, -0.05) is 11.6 Å². The quantitative estimate of drug-likeness (QED) is 0.661. The van der Waals surface area contributed by atoms with Gasteiger partial charge in [0.05, 0.1) is 21.6 Å². The Hall–Kier alpha value is -2.15. The number of hydrogen-bond acceptors (Lipinski definition) is 4. The van der Waals surface area contributed by atoms with Gasteiger partial charge in [0, 0.05) is 25.1 Å². The number of carbonyl (C=O) groups excluding carboxylic acids is 2. The van der Waals surface area contributed by atoms with Crippen molar-refractivity contribution in [3.8, 4) is 0 Å². The highest BCUT2D eigenvalue weighted by Gasteiger charge is 2.35. The second kappa shape index (κ2) is 4.85. The monoisotopic (exact) mass is 283 g/mol. The van der Waals surface area contributed by atoms with E-state index < -0.39 is 16.7 Å². The molecule has 2 N–H and O–H groups in total. The molecular formula is C11H10ClN3O4. The molecule has 7 nitrogen and oxygen atoms in total. The maximum Gasteiger partial charge on any atom is 0.271 e. The van der Waals surface area contributed by atoms with Crippen molar-refractivity contribution >= 4 is 34.8 Å². The number of anilines is 1. The molecule has 0 bridgehead atoms. The predicted molar refractivity (Wildman–Crippen MR) is 67.8 cm³/mol. The van der Waals surface area contributed by atoms with Crippen LogP contribution in [0.4, 0.5) is 11.4 Å². The van der Waals surface area contributed by atoms with Crippen LogP contribution in [0.3, 0.4) is 0 Å². The molecule has 2 amide bonds. The predicted octanol–water partition coefficient (Wildman–Crippen LogP) is 1.09. The van der Waals surface area contributed by atoms with E-state index in [9.17, 15) is 19.7 Å². The minimum atomic E-state index is -0.576. The molecule has 0 aliphatic carbocycles. The van der Waals surface area contributed by atoms with E-state index in [0.29, 0.717) is 5.69 Å². The fourth-order valence-corrected chi connectivity index (χ4v) is 2.24. The van der Waals surface area contributed by atoms with Crippen molar-refractivity contribution in [2.75, 3.05) is 11.4 Å². The van der Waals surface area contributed by atoms with Gasteiger partial charge in [-0.3, -0.25) is 19.7 Å². The van der Waals surface area contributed by atoms with Gasteiger partial charge in [-0.05, 0) is 6.07 Å². The lowest BCUT2D eigenvalue weighted by Gasteiger charge is -2.17. The van der Waals surface area contributed by atoms with Gasteiger partial charge in [-0.2, -0.15) is 0 Å². The van der Waals surface area contributed by atoms with E-state index in [0.717, 1.165) is 0 Å². The Morgan fingerprint density at radius 3 is 2.68 bits per heavy atom. The third kappa shape index (κ3) is 2.50. The summed E-state index contributed by atoms with van der Waals surface area (Å²) < 4.78 is 0. The van der Waals surface area contributed by atoms with Gasteiger partial charge in [-0.15, -0.1) is 0 Å². The minimum absolute atomic E-state index is 0.0304. The van der Waals surface area contributed by atoms with Crippen LogP contribution in [0.15, 0.2) is 18.2 Å². The van der Waals surface area contributed by atoms with Crippen LogP contribution in [-0.4, -0.2) is 23.3 Å². The molecule has 0 radical (unpaired) electrons. The summed E-state index contributed by atoms with van der Waals surface area (Å²) in [7, 11) is 0. The first-order valence-electron chi connectivity index (χ1n) is 5.43. The van der Waals surface area contributed by atoms with Crippen LogP contribution >= 0.6 is 11.6 Å². The molecule has 1 atom stereocenters. The standard InChI is InChI=1S/C11H10ClN3O4/c12-8-4-7(15(18)19)1-2-9(8)14-5-6(11(13)17)3-10(14)16/h1-2,4,6H,3,5H2,(H2,13,17). The summed E-state index contributed by atoms with van der Waals surface area (Å²) in [6, 6.07) is 3.82. The molecule has 8 heteroatoms. The highest BCUT2D eigenvalue weighted by Crippen LogP contribution is 2.33. The van der Waals surface area contributed by atoms with Gasteiger partial charge in [-0.25, -0.2) is 0 Å². The highest BCUT2D eigenvalue weighted by molar-refractivity contribution is 6.34. The van der Waals surface area contributed by atoms with E-state index in [1.54, 1.807) is 0 Å². The first-order valence-corrected chi connectivity index (χ1v) is 5.81. The first kappa shape index (κ1) is 13.3. The number of benzene rings is 1. The minimum Gasteiger partial charge on any atom is -0.369 e. The topological polar surface area (TPSA) is 107 Å². The summed E-state index contributed by atoms with van der Waals surface area (Å²) in [4.78, 5) is 34.2. The van der Waals surface area contributed by atoms with Crippen molar-refractivity contribution < 1.29 is 14.5 Å². The van der Waals surface area contributed by atoms with Crippen LogP contribution < -0.4 is 10.6 Å². The van der Waals surface area contributed by atoms with E-state index in [1.165, 1.54) is 23.1 Å². The van der Waals surface area contributed by atoms with Crippen molar-refractivity contribution in [2.24, 2.45) is 11.7 Å². The summed E-state index contributed by atoms with van der Waals surface area (Å²) in [5, 5.41) is 10.7. The number of nitrogens with zero attached hydrogens (tertiary/aromatic N) is 2. The number of nitro benzene ring substituents is 1. The maximum absolute atomic E-state index is 11.8. The van der Waals surface area contributed by atoms with Crippen molar-refractivity contribution in [1.29, 1.82) is 0 Å². The van der Waals surface area contributed by atoms with Crippen molar-refractivity contribution in [3.63, 3.8) is 0 Å². The summed E-state index contributed by atoms with van der Waals surface area (Å²) in [6.45, 7) is 0.145. The SMILES string of the molecule is NC(=O)C1CC(=O)N(c2ccc([N+](=O)[O-])cc2Cl)C1. The molecule has 1 fully saturated rings. The fourth-order valence-electron chi connectivity index (χ4n) is 1.96. The lowest BCUT2D eigenvalue weighted by molar-refractivity contribution is -0.384. The number of primary amides is 1. The summed E-state index contributed by atoms with van der Waals surface area (Å²) in [5.41, 5.74) is 5.35. The lowest BCUT2D eigenvalue weighted by Crippen LogP contribution is -2.28. The molecular weight excluding hydrogens is 274 g/mol. The number of amides is 2. The third-order valence-electron chi connectivity index (χ3n) is 2.96. The van der Waals surface area contributed by atoms with E-state index in [1.807, 2.05) is 0 Å². The normalized spacial score (nSPS) is 18.7. The molecule has 0 aromatic heterocycles. The average molecular weight is 284 g/mol. The van der Waals surface area contributed by atoms with Gasteiger partial charge in [0.1, 0.15) is 0 Å². The first-order chi connectivity index (χ1) is 8.90. The molecule has 1 aliphatic rings. The molecule has 2 rings (SSSR count). The van der Waals surface area contributed by atoms with Gasteiger partial charge in [0.25, 0.3) is 5.69 Å². The fraction of sp³-hybridized carbons (Fsp3) is 0.273. The number of nitrogens with two attached hydrogens (primary N) is 1. The molecule has 0 saturated carbocycles. The lowest BCUT2D eigenvalue weighted by atomic mass is 10.1. The zero-order valence-electron chi connectivity index (χ0n) is 9.71. The summed E-state index contributed by atoms with van der Waals surface area (Å²) >= 11 is 5.93. The molecule has 1 aromatic rings. The molecule has 1 heterocycles. The van der Waals surface area contributed by atoms with E-state index in [4.69, 9.17) is 17.3 Å². The number of non-ortho nitro benzene ring substituents is 1. The second-order valence-corrected chi connectivity index (χ2v) is 4.61.